The summed E-state index contributed by atoms with van der Waals surface area (Å²) < 4.78 is 37.8. The summed E-state index contributed by atoms with van der Waals surface area (Å²) in [5, 5.41) is 2.94. The topological polar surface area (TPSA) is 84.9 Å². The lowest BCUT2D eigenvalue weighted by Gasteiger charge is -2.30. The van der Waals surface area contributed by atoms with Crippen molar-refractivity contribution in [1.82, 2.24) is 9.62 Å². The number of carbonyl (C=O) groups is 1. The Hall–Kier alpha value is -2.58. The molecule has 1 aliphatic rings. The van der Waals surface area contributed by atoms with Crippen molar-refractivity contribution in [3.8, 4) is 11.5 Å². The van der Waals surface area contributed by atoms with Gasteiger partial charge in [0.2, 0.25) is 15.9 Å². The lowest BCUT2D eigenvalue weighted by atomic mass is 9.97. The van der Waals surface area contributed by atoms with Crippen molar-refractivity contribution in [3.05, 3.63) is 53.6 Å². The highest BCUT2D eigenvalue weighted by Gasteiger charge is 2.32. The lowest BCUT2D eigenvalue weighted by molar-refractivity contribution is -0.126. The quantitative estimate of drug-likeness (QED) is 0.727. The first-order chi connectivity index (χ1) is 14.4. The second-order valence-corrected chi connectivity index (χ2v) is 9.29. The predicted octanol–water partition coefficient (Wildman–Crippen LogP) is 2.73. The van der Waals surface area contributed by atoms with Crippen LogP contribution in [0, 0.1) is 12.8 Å². The second kappa shape index (κ2) is 9.49. The molecule has 2 aromatic carbocycles. The molecule has 0 unspecified atom stereocenters. The van der Waals surface area contributed by atoms with Crippen molar-refractivity contribution in [2.45, 2.75) is 31.2 Å². The van der Waals surface area contributed by atoms with Crippen LogP contribution in [-0.2, 0) is 21.4 Å². The number of hydrogen-bond acceptors (Lipinski definition) is 5. The van der Waals surface area contributed by atoms with Crippen molar-refractivity contribution < 1.29 is 22.7 Å². The lowest BCUT2D eigenvalue weighted by Crippen LogP contribution is -2.42. The van der Waals surface area contributed by atoms with Gasteiger partial charge in [-0.3, -0.25) is 4.79 Å². The van der Waals surface area contributed by atoms with Crippen LogP contribution in [0.3, 0.4) is 0 Å². The van der Waals surface area contributed by atoms with E-state index in [-0.39, 0.29) is 18.4 Å². The Labute approximate surface area is 178 Å². The zero-order valence-corrected chi connectivity index (χ0v) is 18.4. The number of aryl methyl sites for hydroxylation is 1. The van der Waals surface area contributed by atoms with Gasteiger partial charge < -0.3 is 14.8 Å². The SMILES string of the molecule is COc1cccc(OC)c1CNC(=O)C1CCN(S(=O)(=O)c2ccc(C)cc2)CC1. The molecular formula is C22H28N2O5S. The second-order valence-electron chi connectivity index (χ2n) is 7.35. The number of nitrogens with one attached hydrogen (secondary N) is 1. The molecule has 0 atom stereocenters. The van der Waals surface area contributed by atoms with E-state index in [1.807, 2.05) is 25.1 Å². The number of hydrogen-bond donors (Lipinski definition) is 1. The van der Waals surface area contributed by atoms with Crippen LogP contribution in [0.25, 0.3) is 0 Å². The van der Waals surface area contributed by atoms with Gasteiger partial charge in [-0.05, 0) is 44.0 Å². The van der Waals surface area contributed by atoms with Gasteiger partial charge in [0, 0.05) is 19.0 Å². The minimum atomic E-state index is -3.53. The Bertz CT molecular complexity index is 959. The van der Waals surface area contributed by atoms with Gasteiger partial charge in [-0.2, -0.15) is 4.31 Å². The molecule has 0 spiro atoms. The monoisotopic (exact) mass is 432 g/mol. The highest BCUT2D eigenvalue weighted by molar-refractivity contribution is 7.89. The minimum Gasteiger partial charge on any atom is -0.496 e. The predicted molar refractivity (Wildman–Crippen MR) is 114 cm³/mol. The zero-order valence-electron chi connectivity index (χ0n) is 17.6. The number of benzene rings is 2. The van der Waals surface area contributed by atoms with Gasteiger partial charge in [0.15, 0.2) is 0 Å². The molecule has 2 aromatic rings. The average Bonchev–Trinajstić information content (AvgIpc) is 2.77. The summed E-state index contributed by atoms with van der Waals surface area (Å²) in [6.45, 7) is 2.85. The van der Waals surface area contributed by atoms with Gasteiger partial charge in [-0.15, -0.1) is 0 Å². The number of methoxy groups -OCH3 is 2. The Morgan fingerprint density at radius 3 is 2.13 bits per heavy atom. The molecule has 30 heavy (non-hydrogen) atoms. The van der Waals surface area contributed by atoms with E-state index in [0.717, 1.165) is 11.1 Å². The van der Waals surface area contributed by atoms with Crippen molar-refractivity contribution in [2.75, 3.05) is 27.3 Å². The summed E-state index contributed by atoms with van der Waals surface area (Å²) in [6.07, 6.45) is 0.972. The van der Waals surface area contributed by atoms with Crippen LogP contribution in [0.1, 0.15) is 24.0 Å². The summed E-state index contributed by atoms with van der Waals surface area (Å²) in [6, 6.07) is 12.3. The smallest absolute Gasteiger partial charge is 0.243 e. The summed E-state index contributed by atoms with van der Waals surface area (Å²) in [5.41, 5.74) is 1.78. The Morgan fingerprint density at radius 1 is 1.03 bits per heavy atom. The molecule has 0 radical (unpaired) electrons. The van der Waals surface area contributed by atoms with Crippen LogP contribution < -0.4 is 14.8 Å². The molecule has 162 valence electrons. The van der Waals surface area contributed by atoms with E-state index < -0.39 is 10.0 Å². The molecule has 1 heterocycles. The molecule has 0 saturated carbocycles. The number of amides is 1. The third-order valence-electron chi connectivity index (χ3n) is 5.45. The standard InChI is InChI=1S/C22H28N2O5S/c1-16-7-9-18(10-8-16)30(26,27)24-13-11-17(12-14-24)22(25)23-15-19-20(28-2)5-4-6-21(19)29-3/h4-10,17H,11-15H2,1-3H3,(H,23,25). The van der Waals surface area contributed by atoms with E-state index >= 15 is 0 Å². The molecule has 7 nitrogen and oxygen atoms in total. The van der Waals surface area contributed by atoms with Crippen molar-refractivity contribution in [1.29, 1.82) is 0 Å². The molecule has 1 saturated heterocycles. The Balaban J connectivity index is 1.59. The number of ether oxygens (including phenoxy) is 2. The number of rotatable bonds is 7. The molecule has 0 aliphatic carbocycles. The van der Waals surface area contributed by atoms with Crippen LogP contribution in [0.15, 0.2) is 47.4 Å². The van der Waals surface area contributed by atoms with Crippen LogP contribution in [0.2, 0.25) is 0 Å². The maximum Gasteiger partial charge on any atom is 0.243 e. The van der Waals surface area contributed by atoms with E-state index in [1.165, 1.54) is 4.31 Å². The maximum absolute atomic E-state index is 12.8. The number of nitrogens with zero attached hydrogens (tertiary/aromatic N) is 1. The summed E-state index contributed by atoms with van der Waals surface area (Å²) in [4.78, 5) is 13.0. The fourth-order valence-corrected chi connectivity index (χ4v) is 5.11. The number of sulfonamides is 1. The molecule has 8 heteroatoms. The summed E-state index contributed by atoms with van der Waals surface area (Å²) >= 11 is 0. The fraction of sp³-hybridized carbons (Fsp3) is 0.409. The van der Waals surface area contributed by atoms with Gasteiger partial charge >= 0.3 is 0 Å². The summed E-state index contributed by atoms with van der Waals surface area (Å²) in [7, 11) is -0.385. The average molecular weight is 433 g/mol. The number of piperidine rings is 1. The molecule has 3 rings (SSSR count). The van der Waals surface area contributed by atoms with Gasteiger partial charge in [0.1, 0.15) is 11.5 Å². The first-order valence-corrected chi connectivity index (χ1v) is 11.3. The van der Waals surface area contributed by atoms with Gasteiger partial charge in [-0.1, -0.05) is 23.8 Å². The van der Waals surface area contributed by atoms with Crippen LogP contribution in [0.5, 0.6) is 11.5 Å². The van der Waals surface area contributed by atoms with E-state index in [9.17, 15) is 13.2 Å². The van der Waals surface area contributed by atoms with Crippen molar-refractivity contribution in [3.63, 3.8) is 0 Å². The molecule has 0 aromatic heterocycles. The first-order valence-electron chi connectivity index (χ1n) is 9.91. The molecule has 1 aliphatic heterocycles. The Kier molecular flexibility index (Phi) is 6.99. The molecule has 1 N–H and O–H groups in total. The van der Waals surface area contributed by atoms with E-state index in [4.69, 9.17) is 9.47 Å². The first kappa shape index (κ1) is 22.1. The van der Waals surface area contributed by atoms with E-state index in [0.29, 0.717) is 42.3 Å². The maximum atomic E-state index is 12.8. The third kappa shape index (κ3) is 4.76. The van der Waals surface area contributed by atoms with Crippen molar-refractivity contribution in [2.24, 2.45) is 5.92 Å². The highest BCUT2D eigenvalue weighted by atomic mass is 32.2. The normalized spacial score (nSPS) is 15.6. The molecule has 1 amide bonds. The van der Waals surface area contributed by atoms with Gasteiger partial charge in [-0.25, -0.2) is 8.42 Å². The fourth-order valence-electron chi connectivity index (χ4n) is 3.64. The molecule has 0 bridgehead atoms. The van der Waals surface area contributed by atoms with Crippen molar-refractivity contribution >= 4 is 15.9 Å². The van der Waals surface area contributed by atoms with E-state index in [2.05, 4.69) is 5.32 Å². The third-order valence-corrected chi connectivity index (χ3v) is 7.37. The Morgan fingerprint density at radius 2 is 1.60 bits per heavy atom. The minimum absolute atomic E-state index is 0.0876. The summed E-state index contributed by atoms with van der Waals surface area (Å²) in [5.74, 6) is 0.979. The largest absolute Gasteiger partial charge is 0.496 e. The number of carbonyl (C=O) groups excluding carboxylic acids is 1. The van der Waals surface area contributed by atoms with Gasteiger partial charge in [0.25, 0.3) is 0 Å². The van der Waals surface area contributed by atoms with Crippen LogP contribution in [-0.4, -0.2) is 45.9 Å². The van der Waals surface area contributed by atoms with Crippen LogP contribution in [0.4, 0.5) is 0 Å². The molecular weight excluding hydrogens is 404 g/mol. The van der Waals surface area contributed by atoms with Gasteiger partial charge in [0.05, 0.1) is 31.2 Å². The van der Waals surface area contributed by atoms with Crippen LogP contribution >= 0.6 is 0 Å². The zero-order chi connectivity index (χ0) is 21.7. The van der Waals surface area contributed by atoms with E-state index in [1.54, 1.807) is 38.5 Å². The molecule has 1 fully saturated rings. The highest BCUT2D eigenvalue weighted by Crippen LogP contribution is 2.29.